The summed E-state index contributed by atoms with van der Waals surface area (Å²) in [5.74, 6) is 3.50. The molecule has 1 aliphatic rings. The first-order chi connectivity index (χ1) is 7.09. The van der Waals surface area contributed by atoms with Crippen molar-refractivity contribution in [2.24, 2.45) is 23.7 Å². The van der Waals surface area contributed by atoms with E-state index in [1.807, 2.05) is 0 Å². The maximum absolute atomic E-state index is 2.43. The molecule has 15 heavy (non-hydrogen) atoms. The van der Waals surface area contributed by atoms with E-state index in [9.17, 15) is 0 Å². The summed E-state index contributed by atoms with van der Waals surface area (Å²) in [5, 5.41) is 0. The zero-order chi connectivity index (χ0) is 11.3. The Morgan fingerprint density at radius 2 is 1.67 bits per heavy atom. The molecule has 1 rings (SSSR count). The van der Waals surface area contributed by atoms with Gasteiger partial charge in [0.1, 0.15) is 0 Å². The van der Waals surface area contributed by atoms with E-state index in [2.05, 4.69) is 39.8 Å². The summed E-state index contributed by atoms with van der Waals surface area (Å²) >= 11 is 0. The van der Waals surface area contributed by atoms with Crippen molar-refractivity contribution < 1.29 is 0 Å². The molecule has 3 atom stereocenters. The van der Waals surface area contributed by atoms with Crippen LogP contribution >= 0.6 is 0 Å². The smallest absolute Gasteiger partial charge is 0.0262 e. The van der Waals surface area contributed by atoms with Crippen LogP contribution in [0.15, 0.2) is 12.2 Å². The van der Waals surface area contributed by atoms with E-state index in [1.54, 1.807) is 0 Å². The number of allylic oxidation sites excluding steroid dienone is 2. The van der Waals surface area contributed by atoms with Gasteiger partial charge in [-0.1, -0.05) is 46.3 Å². The summed E-state index contributed by atoms with van der Waals surface area (Å²) < 4.78 is 0. The van der Waals surface area contributed by atoms with Crippen molar-refractivity contribution in [3.63, 3.8) is 0 Å². The van der Waals surface area contributed by atoms with Crippen LogP contribution in [0.3, 0.4) is 0 Å². The predicted molar refractivity (Wildman–Crippen MR) is 68.9 cm³/mol. The highest BCUT2D eigenvalue weighted by Crippen LogP contribution is 2.28. The minimum atomic E-state index is 0.788. The second kappa shape index (κ2) is 6.35. The molecule has 0 unspecified atom stereocenters. The molecule has 0 heteroatoms. The van der Waals surface area contributed by atoms with Gasteiger partial charge in [0, 0.05) is 0 Å². The molecule has 0 radical (unpaired) electrons. The minimum absolute atomic E-state index is 0.788. The number of rotatable bonds is 1. The topological polar surface area (TPSA) is 0 Å². The van der Waals surface area contributed by atoms with Crippen LogP contribution in [0.5, 0.6) is 0 Å². The van der Waals surface area contributed by atoms with Crippen LogP contribution in [-0.4, -0.2) is 0 Å². The van der Waals surface area contributed by atoms with Crippen LogP contribution in [0.1, 0.15) is 59.8 Å². The average molecular weight is 208 g/mol. The van der Waals surface area contributed by atoms with E-state index >= 15 is 0 Å². The molecule has 1 aliphatic carbocycles. The van der Waals surface area contributed by atoms with Crippen LogP contribution in [0.4, 0.5) is 0 Å². The number of hydrogen-bond acceptors (Lipinski definition) is 0. The lowest BCUT2D eigenvalue weighted by molar-refractivity contribution is 0.290. The van der Waals surface area contributed by atoms with Crippen molar-refractivity contribution in [2.75, 3.05) is 0 Å². The molecule has 0 saturated carbocycles. The van der Waals surface area contributed by atoms with Gasteiger partial charge in [-0.05, 0) is 49.4 Å². The predicted octanol–water partition coefficient (Wildman–Crippen LogP) is 5.05. The molecule has 0 aromatic carbocycles. The van der Waals surface area contributed by atoms with Gasteiger partial charge in [-0.3, -0.25) is 0 Å². The molecule has 0 saturated heterocycles. The van der Waals surface area contributed by atoms with E-state index in [4.69, 9.17) is 0 Å². The highest BCUT2D eigenvalue weighted by atomic mass is 14.2. The van der Waals surface area contributed by atoms with Gasteiger partial charge in [0.05, 0.1) is 0 Å². The molecule has 0 fully saturated rings. The lowest BCUT2D eigenvalue weighted by Crippen LogP contribution is -2.12. The zero-order valence-corrected chi connectivity index (χ0v) is 11.0. The SMILES string of the molecule is CC(C)[C@H]1CC[C@@H](C)C/C=C/[C@H](C)CC1. The van der Waals surface area contributed by atoms with E-state index in [-0.39, 0.29) is 0 Å². The van der Waals surface area contributed by atoms with Crippen LogP contribution in [0.25, 0.3) is 0 Å². The van der Waals surface area contributed by atoms with Gasteiger partial charge < -0.3 is 0 Å². The Labute approximate surface area is 96.2 Å². The molecule has 0 nitrogen and oxygen atoms in total. The van der Waals surface area contributed by atoms with E-state index in [1.165, 1.54) is 32.1 Å². The molecule has 0 aromatic heterocycles. The molecule has 0 aliphatic heterocycles. The van der Waals surface area contributed by atoms with Gasteiger partial charge in [0.2, 0.25) is 0 Å². The van der Waals surface area contributed by atoms with Crippen molar-refractivity contribution in [3.05, 3.63) is 12.2 Å². The maximum Gasteiger partial charge on any atom is -0.0262 e. The van der Waals surface area contributed by atoms with Crippen LogP contribution in [0.2, 0.25) is 0 Å². The Morgan fingerprint density at radius 3 is 2.33 bits per heavy atom. The average Bonchev–Trinajstić information content (AvgIpc) is 2.16. The fraction of sp³-hybridized carbons (Fsp3) is 0.867. The standard InChI is InChI=1S/C15H28/c1-12(2)15-10-8-13(3)6-5-7-14(4)9-11-15/h5-6,12-15H,7-11H2,1-4H3/b6-5+/t13-,14-,15+/m0/s1. The largest absolute Gasteiger partial charge is 0.0880 e. The zero-order valence-electron chi connectivity index (χ0n) is 11.0. The van der Waals surface area contributed by atoms with E-state index < -0.39 is 0 Å². The van der Waals surface area contributed by atoms with Gasteiger partial charge in [-0.2, -0.15) is 0 Å². The van der Waals surface area contributed by atoms with Crippen molar-refractivity contribution in [3.8, 4) is 0 Å². The van der Waals surface area contributed by atoms with Crippen molar-refractivity contribution in [2.45, 2.75) is 59.8 Å². The van der Waals surface area contributed by atoms with Gasteiger partial charge in [-0.15, -0.1) is 0 Å². The summed E-state index contributed by atoms with van der Waals surface area (Å²) in [5.41, 5.74) is 0. The molecule has 0 heterocycles. The summed E-state index contributed by atoms with van der Waals surface area (Å²) in [6, 6.07) is 0. The lowest BCUT2D eigenvalue weighted by Gasteiger charge is -2.24. The molecular formula is C15H28. The Morgan fingerprint density at radius 1 is 1.00 bits per heavy atom. The van der Waals surface area contributed by atoms with Gasteiger partial charge in [0.15, 0.2) is 0 Å². The Kier molecular flexibility index (Phi) is 5.42. The molecule has 0 bridgehead atoms. The summed E-state index contributed by atoms with van der Waals surface area (Å²) in [6.07, 6.45) is 11.8. The highest BCUT2D eigenvalue weighted by molar-refractivity contribution is 4.89. The normalized spacial score (nSPS) is 36.5. The second-order valence-electron chi connectivity index (χ2n) is 5.91. The quantitative estimate of drug-likeness (QED) is 0.529. The molecule has 0 N–H and O–H groups in total. The summed E-state index contributed by atoms with van der Waals surface area (Å²) in [4.78, 5) is 0. The Hall–Kier alpha value is -0.260. The molecule has 0 spiro atoms. The highest BCUT2D eigenvalue weighted by Gasteiger charge is 2.16. The summed E-state index contributed by atoms with van der Waals surface area (Å²) in [7, 11) is 0. The van der Waals surface area contributed by atoms with E-state index in [0.29, 0.717) is 0 Å². The van der Waals surface area contributed by atoms with Crippen molar-refractivity contribution in [1.82, 2.24) is 0 Å². The third-order valence-electron chi connectivity index (χ3n) is 3.97. The first kappa shape index (κ1) is 12.8. The Bertz CT molecular complexity index is 190. The van der Waals surface area contributed by atoms with Crippen LogP contribution < -0.4 is 0 Å². The first-order valence-electron chi connectivity index (χ1n) is 6.76. The van der Waals surface area contributed by atoms with Gasteiger partial charge >= 0.3 is 0 Å². The Balaban J connectivity index is 2.54. The third kappa shape index (κ3) is 4.86. The molecule has 0 aromatic rings. The number of hydrogen-bond donors (Lipinski definition) is 0. The van der Waals surface area contributed by atoms with Crippen molar-refractivity contribution >= 4 is 0 Å². The van der Waals surface area contributed by atoms with E-state index in [0.717, 1.165) is 23.7 Å². The van der Waals surface area contributed by atoms with Crippen molar-refractivity contribution in [1.29, 1.82) is 0 Å². The first-order valence-corrected chi connectivity index (χ1v) is 6.76. The third-order valence-corrected chi connectivity index (χ3v) is 3.97. The molecular weight excluding hydrogens is 180 g/mol. The van der Waals surface area contributed by atoms with Gasteiger partial charge in [-0.25, -0.2) is 0 Å². The maximum atomic E-state index is 2.43. The summed E-state index contributed by atoms with van der Waals surface area (Å²) in [6.45, 7) is 9.54. The fourth-order valence-electron chi connectivity index (χ4n) is 2.54. The molecule has 88 valence electrons. The monoisotopic (exact) mass is 208 g/mol. The lowest BCUT2D eigenvalue weighted by atomic mass is 9.82. The fourth-order valence-corrected chi connectivity index (χ4v) is 2.54. The van der Waals surface area contributed by atoms with Crippen LogP contribution in [0, 0.1) is 23.7 Å². The van der Waals surface area contributed by atoms with Gasteiger partial charge in [0.25, 0.3) is 0 Å². The van der Waals surface area contributed by atoms with Crippen LogP contribution in [-0.2, 0) is 0 Å². The second-order valence-corrected chi connectivity index (χ2v) is 5.91. The minimum Gasteiger partial charge on any atom is -0.0880 e. The molecule has 0 amide bonds.